The first kappa shape index (κ1) is 21.9. The molecule has 0 radical (unpaired) electrons. The summed E-state index contributed by atoms with van der Waals surface area (Å²) in [5.41, 5.74) is 4.18. The van der Waals surface area contributed by atoms with Crippen molar-refractivity contribution >= 4 is 56.5 Å². The minimum absolute atomic E-state index is 0.171. The molecule has 4 aromatic rings. The fourth-order valence-corrected chi connectivity index (χ4v) is 6.67. The summed E-state index contributed by atoms with van der Waals surface area (Å²) in [6.45, 7) is 17.1. The Morgan fingerprint density at radius 1 is 1.06 bits per heavy atom. The standard InChI is InChI=1S/C22H26N6OS3/c1-7-22(6)8-14-15(9-29-22)32-18-16(14)17-23-25-20(30-10-12(2)3)27(17)19-24-26-21(28(18)19)31-11-13(4)5/h2,4,7-11H2,1,3,5-6H3. The van der Waals surface area contributed by atoms with E-state index in [1.165, 1.54) is 10.4 Å². The largest absolute Gasteiger partial charge is 0.369 e. The summed E-state index contributed by atoms with van der Waals surface area (Å²) in [5.74, 6) is 2.31. The molecule has 0 bridgehead atoms. The van der Waals surface area contributed by atoms with Gasteiger partial charge in [0.05, 0.1) is 17.6 Å². The molecule has 0 aliphatic carbocycles. The molecule has 0 fully saturated rings. The molecule has 1 unspecified atom stereocenters. The third-order valence-electron chi connectivity index (χ3n) is 5.69. The maximum absolute atomic E-state index is 6.25. The SMILES string of the molecule is C=C(C)CSc1nnc2c3c4c(sc3n3c(SCC(=C)C)nnc3n12)COC(C)(CC)C4. The first-order valence-corrected chi connectivity index (χ1v) is 13.3. The Morgan fingerprint density at radius 2 is 1.72 bits per heavy atom. The quantitative estimate of drug-likeness (QED) is 0.250. The molecule has 5 rings (SSSR count). The van der Waals surface area contributed by atoms with Gasteiger partial charge in [-0.1, -0.05) is 54.8 Å². The monoisotopic (exact) mass is 486 g/mol. The van der Waals surface area contributed by atoms with Crippen LogP contribution in [0.2, 0.25) is 0 Å². The molecule has 32 heavy (non-hydrogen) atoms. The van der Waals surface area contributed by atoms with Crippen molar-refractivity contribution in [2.45, 2.75) is 63.1 Å². The van der Waals surface area contributed by atoms with Gasteiger partial charge in [0.2, 0.25) is 5.78 Å². The highest BCUT2D eigenvalue weighted by molar-refractivity contribution is 7.99. The Labute approximate surface area is 199 Å². The van der Waals surface area contributed by atoms with E-state index in [0.717, 1.165) is 67.4 Å². The molecular formula is C22H26N6OS3. The highest BCUT2D eigenvalue weighted by Gasteiger charge is 2.34. The van der Waals surface area contributed by atoms with Crippen molar-refractivity contribution in [2.75, 3.05) is 11.5 Å². The van der Waals surface area contributed by atoms with Gasteiger partial charge in [-0.2, -0.15) is 0 Å². The highest BCUT2D eigenvalue weighted by atomic mass is 32.2. The van der Waals surface area contributed by atoms with E-state index in [1.807, 2.05) is 13.8 Å². The van der Waals surface area contributed by atoms with E-state index in [-0.39, 0.29) is 5.60 Å². The first-order valence-electron chi connectivity index (χ1n) is 10.6. The van der Waals surface area contributed by atoms with Crippen molar-refractivity contribution in [3.8, 4) is 0 Å². The molecule has 1 aliphatic rings. The number of fused-ring (bicyclic) bond motifs is 8. The van der Waals surface area contributed by atoms with Gasteiger partial charge in [0.1, 0.15) is 4.83 Å². The van der Waals surface area contributed by atoms with E-state index in [4.69, 9.17) is 4.74 Å². The van der Waals surface area contributed by atoms with E-state index < -0.39 is 0 Å². The second-order valence-electron chi connectivity index (χ2n) is 8.70. The van der Waals surface area contributed by atoms with Crippen LogP contribution in [0.1, 0.15) is 44.6 Å². The molecule has 0 saturated heterocycles. The van der Waals surface area contributed by atoms with Crippen molar-refractivity contribution in [1.29, 1.82) is 0 Å². The van der Waals surface area contributed by atoms with Crippen molar-refractivity contribution in [2.24, 2.45) is 0 Å². The first-order chi connectivity index (χ1) is 15.3. The Morgan fingerprint density at radius 3 is 2.38 bits per heavy atom. The van der Waals surface area contributed by atoms with Gasteiger partial charge >= 0.3 is 0 Å². The summed E-state index contributed by atoms with van der Waals surface area (Å²) in [6, 6.07) is 0. The topological polar surface area (TPSA) is 69.6 Å². The van der Waals surface area contributed by atoms with Crippen molar-refractivity contribution in [1.82, 2.24) is 29.2 Å². The second-order valence-corrected chi connectivity index (χ2v) is 11.7. The summed E-state index contributed by atoms with van der Waals surface area (Å²) in [7, 11) is 0. The average molecular weight is 487 g/mol. The van der Waals surface area contributed by atoms with Gasteiger partial charge < -0.3 is 4.74 Å². The summed E-state index contributed by atoms with van der Waals surface area (Å²) >= 11 is 5.04. The molecule has 1 atom stereocenters. The second kappa shape index (κ2) is 8.16. The number of thiophene rings is 1. The lowest BCUT2D eigenvalue weighted by Crippen LogP contribution is -2.33. The van der Waals surface area contributed by atoms with Crippen LogP contribution in [-0.4, -0.2) is 46.3 Å². The van der Waals surface area contributed by atoms with Crippen LogP contribution in [0, 0.1) is 0 Å². The summed E-state index contributed by atoms with van der Waals surface area (Å²) < 4.78 is 10.5. The molecule has 4 aromatic heterocycles. The van der Waals surface area contributed by atoms with Gasteiger partial charge in [-0.05, 0) is 32.8 Å². The molecule has 168 valence electrons. The van der Waals surface area contributed by atoms with Gasteiger partial charge in [-0.15, -0.1) is 31.7 Å². The predicted octanol–water partition coefficient (Wildman–Crippen LogP) is 5.56. The van der Waals surface area contributed by atoms with E-state index >= 15 is 0 Å². The lowest BCUT2D eigenvalue weighted by Gasteiger charge is -2.32. The number of ether oxygens (including phenoxy) is 1. The Balaban J connectivity index is 1.81. The lowest BCUT2D eigenvalue weighted by atomic mass is 9.90. The highest BCUT2D eigenvalue weighted by Crippen LogP contribution is 2.43. The Kier molecular flexibility index (Phi) is 5.59. The van der Waals surface area contributed by atoms with Crippen LogP contribution in [-0.2, 0) is 17.8 Å². The van der Waals surface area contributed by atoms with Gasteiger partial charge in [-0.25, -0.2) is 8.80 Å². The number of rotatable bonds is 7. The molecule has 0 spiro atoms. The fraction of sp³-hybridized carbons (Fsp3) is 0.455. The molecule has 0 saturated carbocycles. The fourth-order valence-electron chi connectivity index (χ4n) is 3.84. The maximum atomic E-state index is 6.25. The van der Waals surface area contributed by atoms with Crippen molar-refractivity contribution in [3.05, 3.63) is 34.7 Å². The minimum Gasteiger partial charge on any atom is -0.369 e. The summed E-state index contributed by atoms with van der Waals surface area (Å²) in [4.78, 5) is 2.36. The van der Waals surface area contributed by atoms with E-state index in [2.05, 4.69) is 56.2 Å². The third kappa shape index (κ3) is 3.57. The number of hydrogen-bond donors (Lipinski definition) is 0. The van der Waals surface area contributed by atoms with Crippen LogP contribution in [0.15, 0.2) is 34.6 Å². The molecule has 0 amide bonds. The molecule has 5 heterocycles. The zero-order valence-electron chi connectivity index (χ0n) is 18.8. The molecular weight excluding hydrogens is 460 g/mol. The Bertz CT molecular complexity index is 1380. The smallest absolute Gasteiger partial charge is 0.245 e. The lowest BCUT2D eigenvalue weighted by molar-refractivity contribution is -0.0542. The van der Waals surface area contributed by atoms with Crippen LogP contribution in [0.3, 0.4) is 0 Å². The van der Waals surface area contributed by atoms with Crippen molar-refractivity contribution in [3.63, 3.8) is 0 Å². The summed E-state index contributed by atoms with van der Waals surface area (Å²) in [5, 5.41) is 21.1. The normalized spacial score (nSPS) is 18.6. The number of hydrogen-bond acceptors (Lipinski definition) is 8. The molecule has 7 nitrogen and oxygen atoms in total. The van der Waals surface area contributed by atoms with Crippen molar-refractivity contribution < 1.29 is 4.74 Å². The molecule has 0 aromatic carbocycles. The van der Waals surface area contributed by atoms with Gasteiger partial charge in [0, 0.05) is 22.8 Å². The minimum atomic E-state index is -0.171. The van der Waals surface area contributed by atoms with Gasteiger partial charge in [0.15, 0.2) is 16.0 Å². The van der Waals surface area contributed by atoms with Crippen LogP contribution in [0.4, 0.5) is 0 Å². The molecule has 10 heteroatoms. The predicted molar refractivity (Wildman–Crippen MR) is 133 cm³/mol. The van der Waals surface area contributed by atoms with Crippen LogP contribution >= 0.6 is 34.9 Å². The van der Waals surface area contributed by atoms with E-state index in [9.17, 15) is 0 Å². The van der Waals surface area contributed by atoms with Crippen LogP contribution < -0.4 is 0 Å². The Hall–Kier alpha value is -1.88. The average Bonchev–Trinajstić information content (AvgIpc) is 3.44. The molecule has 0 N–H and O–H groups in total. The maximum Gasteiger partial charge on any atom is 0.245 e. The zero-order chi connectivity index (χ0) is 22.6. The van der Waals surface area contributed by atoms with Gasteiger partial charge in [-0.3, -0.25) is 0 Å². The van der Waals surface area contributed by atoms with Crippen LogP contribution in [0.5, 0.6) is 0 Å². The zero-order valence-corrected chi connectivity index (χ0v) is 21.2. The van der Waals surface area contributed by atoms with E-state index in [0.29, 0.717) is 6.61 Å². The van der Waals surface area contributed by atoms with Gasteiger partial charge in [0.25, 0.3) is 0 Å². The van der Waals surface area contributed by atoms with Crippen LogP contribution in [0.25, 0.3) is 21.6 Å². The molecule has 1 aliphatic heterocycles. The number of thioether (sulfide) groups is 2. The third-order valence-corrected chi connectivity index (χ3v) is 9.20. The number of nitrogens with zero attached hydrogens (tertiary/aromatic N) is 6. The summed E-state index contributed by atoms with van der Waals surface area (Å²) in [6.07, 6.45) is 1.82. The number of aromatic nitrogens is 6. The van der Waals surface area contributed by atoms with E-state index in [1.54, 1.807) is 34.9 Å².